The fourth-order valence-electron chi connectivity index (χ4n) is 0.0299. The maximum absolute atomic E-state index is 11.8. The number of halogens is 2. The minimum absolute atomic E-state index is 0.896. The smallest absolute Gasteiger partial charge is 0.221 e. The zero-order valence-corrected chi connectivity index (χ0v) is 3.91. The van der Waals surface area contributed by atoms with Crippen LogP contribution in [0.15, 0.2) is 0 Å². The Balaban J connectivity index is 3.66. The highest BCUT2D eigenvalue weighted by Gasteiger charge is 2.20. The molecule has 3 heteroatoms. The molecule has 0 saturated carbocycles. The topological polar surface area (TPSA) is 23.8 Å². The third kappa shape index (κ3) is 2.10. The predicted octanol–water partition coefficient (Wildman–Crippen LogP) is 1.21. The summed E-state index contributed by atoms with van der Waals surface area (Å²) in [6.07, 6.45) is 0. The number of nitrogens with zero attached hydrogens (tertiary/aromatic N) is 1. The summed E-state index contributed by atoms with van der Waals surface area (Å²) in [4.78, 5) is 0. The van der Waals surface area contributed by atoms with Crippen LogP contribution in [-0.4, -0.2) is 12.3 Å². The predicted molar refractivity (Wildman–Crippen MR) is 21.1 cm³/mol. The van der Waals surface area contributed by atoms with Gasteiger partial charge in [0.25, 0.3) is 0 Å². The van der Waals surface area contributed by atoms with Crippen molar-refractivity contribution >= 4 is 0 Å². The van der Waals surface area contributed by atoms with Gasteiger partial charge in [0.05, 0.1) is 0 Å². The van der Waals surface area contributed by atoms with Crippen LogP contribution in [0.5, 0.6) is 0 Å². The Bertz CT molecular complexity index is 92.4. The lowest BCUT2D eigenvalue weighted by molar-refractivity contribution is 0.206. The highest BCUT2D eigenvalue weighted by atomic mass is 19.2. The van der Waals surface area contributed by atoms with E-state index in [2.05, 4.69) is 0 Å². The van der Waals surface area contributed by atoms with Gasteiger partial charge in [0.2, 0.25) is 5.67 Å². The van der Waals surface area contributed by atoms with Gasteiger partial charge in [-0.05, 0) is 6.92 Å². The Morgan fingerprint density at radius 3 is 2.29 bits per heavy atom. The van der Waals surface area contributed by atoms with Crippen molar-refractivity contribution < 1.29 is 8.78 Å². The molecule has 0 aliphatic carbocycles. The molecule has 1 nitrogen and oxygen atoms in total. The van der Waals surface area contributed by atoms with Crippen molar-refractivity contribution in [2.45, 2.75) is 12.6 Å². The fraction of sp³-hybridized carbons (Fsp3) is 0.750. The molecule has 0 saturated heterocycles. The van der Waals surface area contributed by atoms with E-state index < -0.39 is 12.3 Å². The molecule has 0 amide bonds. The van der Waals surface area contributed by atoms with Crippen LogP contribution < -0.4 is 0 Å². The first-order valence-electron chi connectivity index (χ1n) is 1.78. The molecule has 7 heavy (non-hydrogen) atoms. The zero-order valence-electron chi connectivity index (χ0n) is 3.91. The van der Waals surface area contributed by atoms with Gasteiger partial charge in [-0.1, -0.05) is 0 Å². The normalized spacial score (nSPS) is 17.4. The van der Waals surface area contributed by atoms with E-state index in [1.54, 1.807) is 0 Å². The maximum Gasteiger partial charge on any atom is 0.221 e. The van der Waals surface area contributed by atoms with Crippen molar-refractivity contribution in [1.82, 2.24) is 0 Å². The molecule has 40 valence electrons. The van der Waals surface area contributed by atoms with E-state index in [4.69, 9.17) is 5.26 Å². The van der Waals surface area contributed by atoms with E-state index >= 15 is 0 Å². The summed E-state index contributed by atoms with van der Waals surface area (Å²) in [6, 6.07) is 1.15. The molecule has 0 heterocycles. The Hall–Kier alpha value is -0.650. The molecule has 0 aromatic heterocycles. The average Bonchev–Trinajstić information content (AvgIpc) is 1.68. The van der Waals surface area contributed by atoms with Crippen LogP contribution in [-0.2, 0) is 0 Å². The molecule has 1 atom stereocenters. The molecule has 0 aromatic carbocycles. The first-order chi connectivity index (χ1) is 3.12. The molecule has 0 N–H and O–H groups in total. The molecule has 1 unspecified atom stereocenters. The first kappa shape index (κ1) is 6.35. The molecule has 0 bridgehead atoms. The quantitative estimate of drug-likeness (QED) is 0.491. The van der Waals surface area contributed by atoms with E-state index in [0.29, 0.717) is 0 Å². The Kier molecular flexibility index (Phi) is 1.70. The molecular weight excluding hydrogens is 100 g/mol. The van der Waals surface area contributed by atoms with Crippen molar-refractivity contribution in [1.29, 1.82) is 5.26 Å². The van der Waals surface area contributed by atoms with Crippen LogP contribution in [0, 0.1) is 11.3 Å². The Labute approximate surface area is 40.6 Å². The first-order valence-corrected chi connectivity index (χ1v) is 1.78. The van der Waals surface area contributed by atoms with Crippen LogP contribution in [0.2, 0.25) is 0 Å². The van der Waals surface area contributed by atoms with Crippen LogP contribution in [0.4, 0.5) is 8.78 Å². The van der Waals surface area contributed by atoms with Gasteiger partial charge in [-0.2, -0.15) is 5.26 Å². The summed E-state index contributed by atoms with van der Waals surface area (Å²) in [5.41, 5.74) is -2.28. The van der Waals surface area contributed by atoms with Crippen LogP contribution >= 0.6 is 0 Å². The summed E-state index contributed by atoms with van der Waals surface area (Å²) in [6.45, 7) is -0.337. The van der Waals surface area contributed by atoms with E-state index in [1.165, 1.54) is 0 Å². The van der Waals surface area contributed by atoms with E-state index in [0.717, 1.165) is 13.0 Å². The summed E-state index contributed by atoms with van der Waals surface area (Å²) >= 11 is 0. The monoisotopic (exact) mass is 105 g/mol. The van der Waals surface area contributed by atoms with Crippen molar-refractivity contribution in [2.24, 2.45) is 0 Å². The SMILES string of the molecule is CC(F)(C#N)CF. The van der Waals surface area contributed by atoms with Crippen molar-refractivity contribution in [2.75, 3.05) is 6.67 Å². The lowest BCUT2D eigenvalue weighted by atomic mass is 10.2. The van der Waals surface area contributed by atoms with Gasteiger partial charge in [0, 0.05) is 0 Å². The minimum Gasteiger partial charge on any atom is -0.246 e. The van der Waals surface area contributed by atoms with E-state index in [9.17, 15) is 8.78 Å². The lowest BCUT2D eigenvalue weighted by Gasteiger charge is -2.00. The standard InChI is InChI=1S/C4H5F2N/c1-4(6,2-5)3-7/h2H2,1H3. The molecule has 0 spiro atoms. The zero-order chi connectivity index (χ0) is 5.91. The average molecular weight is 105 g/mol. The van der Waals surface area contributed by atoms with Crippen LogP contribution in [0.1, 0.15) is 6.92 Å². The van der Waals surface area contributed by atoms with Crippen LogP contribution in [0.3, 0.4) is 0 Å². The fourth-order valence-corrected chi connectivity index (χ4v) is 0.0299. The van der Waals surface area contributed by atoms with Gasteiger partial charge >= 0.3 is 0 Å². The third-order valence-electron chi connectivity index (χ3n) is 0.484. The van der Waals surface area contributed by atoms with Crippen LogP contribution in [0.25, 0.3) is 0 Å². The van der Waals surface area contributed by atoms with Gasteiger partial charge in [-0.15, -0.1) is 0 Å². The summed E-state index contributed by atoms with van der Waals surface area (Å²) in [5.74, 6) is 0. The largest absolute Gasteiger partial charge is 0.246 e. The van der Waals surface area contributed by atoms with Crippen molar-refractivity contribution in [3.8, 4) is 6.07 Å². The summed E-state index contributed by atoms with van der Waals surface area (Å²) in [5, 5.41) is 7.73. The molecule has 0 radical (unpaired) electrons. The van der Waals surface area contributed by atoms with Gasteiger partial charge in [-0.25, -0.2) is 8.78 Å². The second-order valence-corrected chi connectivity index (χ2v) is 1.44. The number of rotatable bonds is 1. The third-order valence-corrected chi connectivity index (χ3v) is 0.484. The molecule has 0 rings (SSSR count). The highest BCUT2D eigenvalue weighted by Crippen LogP contribution is 2.06. The summed E-state index contributed by atoms with van der Waals surface area (Å²) in [7, 11) is 0. The van der Waals surface area contributed by atoms with Gasteiger partial charge < -0.3 is 0 Å². The second-order valence-electron chi connectivity index (χ2n) is 1.44. The lowest BCUT2D eigenvalue weighted by Crippen LogP contribution is -2.16. The van der Waals surface area contributed by atoms with E-state index in [1.807, 2.05) is 0 Å². The molecule has 0 aromatic rings. The number of hydrogen-bond acceptors (Lipinski definition) is 1. The Morgan fingerprint density at radius 2 is 2.29 bits per heavy atom. The summed E-state index contributed by atoms with van der Waals surface area (Å²) < 4.78 is 23.0. The number of alkyl halides is 2. The Morgan fingerprint density at radius 1 is 1.86 bits per heavy atom. The number of hydrogen-bond donors (Lipinski definition) is 0. The molecule has 0 aliphatic heterocycles. The van der Waals surface area contributed by atoms with Gasteiger partial charge in [-0.3, -0.25) is 0 Å². The van der Waals surface area contributed by atoms with Gasteiger partial charge in [0.15, 0.2) is 0 Å². The molecule has 0 fully saturated rings. The van der Waals surface area contributed by atoms with Crippen molar-refractivity contribution in [3.05, 3.63) is 0 Å². The maximum atomic E-state index is 11.8. The number of nitriles is 1. The van der Waals surface area contributed by atoms with Gasteiger partial charge in [0.1, 0.15) is 12.7 Å². The second kappa shape index (κ2) is 1.87. The molecular formula is C4H5F2N. The van der Waals surface area contributed by atoms with E-state index in [-0.39, 0.29) is 0 Å². The highest BCUT2D eigenvalue weighted by molar-refractivity contribution is 4.96. The minimum atomic E-state index is -2.28. The molecule has 0 aliphatic rings. The van der Waals surface area contributed by atoms with Crippen molar-refractivity contribution in [3.63, 3.8) is 0 Å².